The molecule has 1 amide bonds. The van der Waals surface area contributed by atoms with Crippen LogP contribution in [0.5, 0.6) is 0 Å². The molecular formula is C17H27N3O4. The van der Waals surface area contributed by atoms with Crippen LogP contribution in [0.3, 0.4) is 0 Å². The number of likely N-dealkylation sites (tertiary alicyclic amines) is 1. The number of rotatable bonds is 5. The van der Waals surface area contributed by atoms with Crippen LogP contribution in [-0.2, 0) is 11.3 Å². The second-order valence-corrected chi connectivity index (χ2v) is 6.80. The summed E-state index contributed by atoms with van der Waals surface area (Å²) in [5.41, 5.74) is 0.220. The third-order valence-corrected chi connectivity index (χ3v) is 4.94. The summed E-state index contributed by atoms with van der Waals surface area (Å²) in [7, 11) is 0. The highest BCUT2D eigenvalue weighted by Gasteiger charge is 2.42. The van der Waals surface area contributed by atoms with E-state index in [2.05, 4.69) is 4.98 Å². The number of carbonyl (C=O) groups excluding carboxylic acids is 1. The van der Waals surface area contributed by atoms with Crippen LogP contribution in [0.15, 0.2) is 10.9 Å². The van der Waals surface area contributed by atoms with Gasteiger partial charge >= 0.3 is 5.69 Å². The number of aromatic nitrogens is 2. The lowest BCUT2D eigenvalue weighted by atomic mass is 9.74. The van der Waals surface area contributed by atoms with E-state index in [1.807, 2.05) is 6.92 Å². The predicted octanol–water partition coefficient (Wildman–Crippen LogP) is 0.232. The van der Waals surface area contributed by atoms with Crippen molar-refractivity contribution in [3.8, 4) is 0 Å². The fourth-order valence-corrected chi connectivity index (χ4v) is 3.54. The molecule has 1 aromatic heterocycles. The first-order chi connectivity index (χ1) is 11.3. The van der Waals surface area contributed by atoms with Crippen molar-refractivity contribution in [2.45, 2.75) is 52.7 Å². The average molecular weight is 337 g/mol. The Morgan fingerprint density at radius 3 is 2.75 bits per heavy atom. The molecule has 2 rings (SSSR count). The maximum absolute atomic E-state index is 12.6. The van der Waals surface area contributed by atoms with Gasteiger partial charge in [-0.25, -0.2) is 4.79 Å². The van der Waals surface area contributed by atoms with Crippen LogP contribution in [0.1, 0.15) is 37.6 Å². The van der Waals surface area contributed by atoms with Gasteiger partial charge in [-0.05, 0) is 32.8 Å². The van der Waals surface area contributed by atoms with Gasteiger partial charge in [0.15, 0.2) is 0 Å². The van der Waals surface area contributed by atoms with Gasteiger partial charge in [-0.1, -0.05) is 13.3 Å². The SMILES string of the molecule is CCC[C@@]1(CO)CN(C(=O)Cn2c(C)cc(C)nc2=O)CC[C@@H]1O. The number of piperidine rings is 1. The zero-order chi connectivity index (χ0) is 17.9. The van der Waals surface area contributed by atoms with E-state index in [0.29, 0.717) is 37.3 Å². The number of carbonyl (C=O) groups is 1. The average Bonchev–Trinajstić information content (AvgIpc) is 2.53. The monoisotopic (exact) mass is 337 g/mol. The molecule has 7 nitrogen and oxygen atoms in total. The Bertz CT molecular complexity index is 658. The van der Waals surface area contributed by atoms with Crippen LogP contribution in [-0.4, -0.2) is 56.4 Å². The number of aliphatic hydroxyl groups is 2. The molecule has 24 heavy (non-hydrogen) atoms. The molecule has 2 atom stereocenters. The highest BCUT2D eigenvalue weighted by Crippen LogP contribution is 2.34. The fraction of sp³-hybridized carbons (Fsp3) is 0.706. The summed E-state index contributed by atoms with van der Waals surface area (Å²) in [6, 6.07) is 1.77. The molecule has 2 N–H and O–H groups in total. The number of hydrogen-bond donors (Lipinski definition) is 2. The quantitative estimate of drug-likeness (QED) is 0.802. The minimum absolute atomic E-state index is 0.0678. The summed E-state index contributed by atoms with van der Waals surface area (Å²) < 4.78 is 1.36. The maximum atomic E-state index is 12.6. The Hall–Kier alpha value is -1.73. The Morgan fingerprint density at radius 2 is 2.17 bits per heavy atom. The molecule has 1 aromatic rings. The zero-order valence-electron chi connectivity index (χ0n) is 14.7. The lowest BCUT2D eigenvalue weighted by Gasteiger charge is -2.45. The molecule has 0 unspecified atom stereocenters. The van der Waals surface area contributed by atoms with Gasteiger partial charge in [0.05, 0.1) is 12.7 Å². The van der Waals surface area contributed by atoms with Crippen molar-refractivity contribution in [2.24, 2.45) is 5.41 Å². The normalized spacial score (nSPS) is 24.2. The number of aliphatic hydroxyl groups excluding tert-OH is 2. The number of amides is 1. The van der Waals surface area contributed by atoms with Gasteiger partial charge < -0.3 is 15.1 Å². The molecule has 0 aliphatic carbocycles. The Balaban J connectivity index is 2.17. The lowest BCUT2D eigenvalue weighted by molar-refractivity contribution is -0.143. The minimum atomic E-state index is -0.672. The first kappa shape index (κ1) is 18.6. The first-order valence-electron chi connectivity index (χ1n) is 8.44. The van der Waals surface area contributed by atoms with Crippen molar-refractivity contribution in [3.05, 3.63) is 27.9 Å². The minimum Gasteiger partial charge on any atom is -0.396 e. The summed E-state index contributed by atoms with van der Waals surface area (Å²) in [5, 5.41) is 20.1. The summed E-state index contributed by atoms with van der Waals surface area (Å²) in [6.07, 6.45) is 1.29. The summed E-state index contributed by atoms with van der Waals surface area (Å²) in [6.45, 7) is 6.03. The molecule has 1 saturated heterocycles. The van der Waals surface area contributed by atoms with Crippen LogP contribution in [0, 0.1) is 19.3 Å². The topological polar surface area (TPSA) is 95.7 Å². The largest absolute Gasteiger partial charge is 0.396 e. The molecule has 0 spiro atoms. The van der Waals surface area contributed by atoms with E-state index in [1.54, 1.807) is 24.8 Å². The van der Waals surface area contributed by atoms with Gasteiger partial charge in [0.2, 0.25) is 5.91 Å². The molecule has 1 aliphatic rings. The molecule has 0 aromatic carbocycles. The lowest BCUT2D eigenvalue weighted by Crippen LogP contribution is -2.56. The number of hydrogen-bond acceptors (Lipinski definition) is 5. The Kier molecular flexibility index (Phi) is 5.77. The summed E-state index contributed by atoms with van der Waals surface area (Å²) >= 11 is 0. The maximum Gasteiger partial charge on any atom is 0.348 e. The van der Waals surface area contributed by atoms with Gasteiger partial charge in [0.25, 0.3) is 0 Å². The second-order valence-electron chi connectivity index (χ2n) is 6.80. The smallest absolute Gasteiger partial charge is 0.348 e. The molecule has 134 valence electrons. The molecule has 0 bridgehead atoms. The second kappa shape index (κ2) is 7.44. The fourth-order valence-electron chi connectivity index (χ4n) is 3.54. The van der Waals surface area contributed by atoms with E-state index >= 15 is 0 Å². The van der Waals surface area contributed by atoms with E-state index in [9.17, 15) is 19.8 Å². The molecular weight excluding hydrogens is 310 g/mol. The first-order valence-corrected chi connectivity index (χ1v) is 8.44. The van der Waals surface area contributed by atoms with Crippen LogP contribution >= 0.6 is 0 Å². The predicted molar refractivity (Wildman–Crippen MR) is 89.6 cm³/mol. The van der Waals surface area contributed by atoms with Crippen molar-refractivity contribution in [2.75, 3.05) is 19.7 Å². The van der Waals surface area contributed by atoms with E-state index < -0.39 is 17.2 Å². The molecule has 1 fully saturated rings. The summed E-state index contributed by atoms with van der Waals surface area (Å²) in [4.78, 5) is 30.2. The van der Waals surface area contributed by atoms with Gasteiger partial charge in [0, 0.05) is 29.9 Å². The highest BCUT2D eigenvalue weighted by atomic mass is 16.3. The number of aryl methyl sites for hydroxylation is 2. The van der Waals surface area contributed by atoms with Gasteiger partial charge in [-0.3, -0.25) is 9.36 Å². The van der Waals surface area contributed by atoms with Crippen LogP contribution in [0.25, 0.3) is 0 Å². The number of nitrogens with zero attached hydrogens (tertiary/aromatic N) is 3. The van der Waals surface area contributed by atoms with Crippen molar-refractivity contribution in [1.82, 2.24) is 14.5 Å². The standard InChI is InChI=1S/C17H27N3O4/c1-4-6-17(11-21)10-19(7-5-14(17)22)15(23)9-20-13(3)8-12(2)18-16(20)24/h8,14,21-22H,4-7,9-11H2,1-3H3/t14-,17-/m0/s1. The third-order valence-electron chi connectivity index (χ3n) is 4.94. The van der Waals surface area contributed by atoms with E-state index in [-0.39, 0.29) is 19.1 Å². The van der Waals surface area contributed by atoms with Crippen LogP contribution in [0.4, 0.5) is 0 Å². The zero-order valence-corrected chi connectivity index (χ0v) is 14.7. The molecule has 0 radical (unpaired) electrons. The van der Waals surface area contributed by atoms with Gasteiger partial charge in [0.1, 0.15) is 6.54 Å². The van der Waals surface area contributed by atoms with Crippen molar-refractivity contribution in [1.29, 1.82) is 0 Å². The van der Waals surface area contributed by atoms with E-state index in [0.717, 1.165) is 6.42 Å². The molecule has 7 heteroatoms. The van der Waals surface area contributed by atoms with E-state index in [1.165, 1.54) is 4.57 Å². The van der Waals surface area contributed by atoms with Crippen molar-refractivity contribution >= 4 is 5.91 Å². The van der Waals surface area contributed by atoms with Gasteiger partial charge in [-0.15, -0.1) is 0 Å². The molecule has 2 heterocycles. The van der Waals surface area contributed by atoms with Crippen LogP contribution < -0.4 is 5.69 Å². The summed E-state index contributed by atoms with van der Waals surface area (Å²) in [5.74, 6) is -0.188. The highest BCUT2D eigenvalue weighted by molar-refractivity contribution is 5.76. The Labute approximate surface area is 141 Å². The Morgan fingerprint density at radius 1 is 1.46 bits per heavy atom. The van der Waals surface area contributed by atoms with Gasteiger partial charge in [-0.2, -0.15) is 4.98 Å². The molecule has 0 saturated carbocycles. The van der Waals surface area contributed by atoms with Crippen molar-refractivity contribution in [3.63, 3.8) is 0 Å². The molecule has 1 aliphatic heterocycles. The third kappa shape index (κ3) is 3.67. The van der Waals surface area contributed by atoms with Crippen molar-refractivity contribution < 1.29 is 15.0 Å². The van der Waals surface area contributed by atoms with Crippen LogP contribution in [0.2, 0.25) is 0 Å². The van der Waals surface area contributed by atoms with E-state index in [4.69, 9.17) is 0 Å².